The maximum atomic E-state index is 11.7. The lowest BCUT2D eigenvalue weighted by Gasteiger charge is -2.17. The van der Waals surface area contributed by atoms with E-state index in [1.807, 2.05) is 0 Å². The largest absolute Gasteiger partial charge is 0.377 e. The van der Waals surface area contributed by atoms with Crippen LogP contribution in [0.1, 0.15) is 45.7 Å². The molecule has 0 aliphatic carbocycles. The van der Waals surface area contributed by atoms with Crippen LogP contribution >= 0.6 is 0 Å². The van der Waals surface area contributed by atoms with E-state index in [1.54, 1.807) is 10.9 Å². The van der Waals surface area contributed by atoms with Crippen LogP contribution in [0, 0.1) is 5.41 Å². The Hall–Kier alpha value is -2.83. The molecule has 0 fully saturated rings. The highest BCUT2D eigenvalue weighted by molar-refractivity contribution is 6.12. The zero-order chi connectivity index (χ0) is 26.2. The average Bonchev–Trinajstić information content (AvgIpc) is 3.40. The Morgan fingerprint density at radius 1 is 0.889 bits per heavy atom. The van der Waals surface area contributed by atoms with Crippen molar-refractivity contribution in [3.05, 3.63) is 24.0 Å². The van der Waals surface area contributed by atoms with Gasteiger partial charge in [0, 0.05) is 25.2 Å². The highest BCUT2D eigenvalue weighted by atomic mass is 16.5. The maximum Gasteiger partial charge on any atom is 0.314 e. The smallest absolute Gasteiger partial charge is 0.314 e. The minimum Gasteiger partial charge on any atom is -0.377 e. The minimum atomic E-state index is -0.347. The van der Waals surface area contributed by atoms with Crippen LogP contribution < -0.4 is 10.6 Å². The van der Waals surface area contributed by atoms with Crippen LogP contribution in [0.4, 0.5) is 4.79 Å². The van der Waals surface area contributed by atoms with Crippen molar-refractivity contribution >= 4 is 17.8 Å². The van der Waals surface area contributed by atoms with E-state index in [1.165, 1.54) is 12.2 Å². The second-order valence-corrected chi connectivity index (χ2v) is 9.61. The van der Waals surface area contributed by atoms with E-state index in [2.05, 4.69) is 41.7 Å². The zero-order valence-corrected chi connectivity index (χ0v) is 21.7. The van der Waals surface area contributed by atoms with E-state index in [0.717, 1.165) is 24.2 Å². The number of rotatable bonds is 18. The molecule has 0 bridgehead atoms. The van der Waals surface area contributed by atoms with Gasteiger partial charge in [0.1, 0.15) is 5.69 Å². The lowest BCUT2D eigenvalue weighted by Crippen LogP contribution is -2.37. The van der Waals surface area contributed by atoms with Crippen molar-refractivity contribution in [3.63, 3.8) is 0 Å². The van der Waals surface area contributed by atoms with Gasteiger partial charge in [-0.05, 0) is 18.3 Å². The summed E-state index contributed by atoms with van der Waals surface area (Å²) in [7, 11) is 0. The summed E-state index contributed by atoms with van der Waals surface area (Å²) in [5.41, 5.74) is 0.868. The van der Waals surface area contributed by atoms with Crippen molar-refractivity contribution < 1.29 is 28.6 Å². The third kappa shape index (κ3) is 12.8. The number of carbonyl (C=O) groups is 3. The lowest BCUT2D eigenvalue weighted by molar-refractivity contribution is -0.137. The Balaban J connectivity index is 1.35. The molecule has 0 saturated heterocycles. The summed E-state index contributed by atoms with van der Waals surface area (Å²) >= 11 is 0. The van der Waals surface area contributed by atoms with E-state index < -0.39 is 0 Å². The summed E-state index contributed by atoms with van der Waals surface area (Å²) < 4.78 is 18.0. The molecule has 2 heterocycles. The van der Waals surface area contributed by atoms with Crippen molar-refractivity contribution in [2.24, 2.45) is 5.41 Å². The second-order valence-electron chi connectivity index (χ2n) is 9.61. The van der Waals surface area contributed by atoms with Gasteiger partial charge in [-0.15, -0.1) is 5.10 Å². The molecule has 202 valence electrons. The molecule has 1 aromatic rings. The molecule has 1 aromatic heterocycles. The molecule has 1 aliphatic rings. The third-order valence-electron chi connectivity index (χ3n) is 5.19. The Kier molecular flexibility index (Phi) is 13.1. The minimum absolute atomic E-state index is 0.0997. The molecule has 0 atom stereocenters. The van der Waals surface area contributed by atoms with Crippen LogP contribution in [0.15, 0.2) is 18.3 Å². The molecule has 0 unspecified atom stereocenters. The highest BCUT2D eigenvalue weighted by Gasteiger charge is 2.24. The lowest BCUT2D eigenvalue weighted by atomic mass is 9.90. The number of urea groups is 1. The fraction of sp³-hybridized carbons (Fsp3) is 0.708. The van der Waals surface area contributed by atoms with E-state index in [4.69, 9.17) is 14.2 Å². The Morgan fingerprint density at radius 2 is 1.50 bits per heavy atom. The fourth-order valence-electron chi connectivity index (χ4n) is 3.25. The molecule has 0 radical (unpaired) electrons. The molecule has 2 N–H and O–H groups in total. The standard InChI is InChI=1S/C24H40N6O6/c1-24(2,3)8-4-5-9-25-23(33)26-10-12-34-14-16-36-17-15-35-13-11-29-18-20(27-28-29)19-30-21(31)6-7-22(30)32/h6-7,18H,4-5,8-17,19H2,1-3H3,(H2,25,26,33). The summed E-state index contributed by atoms with van der Waals surface area (Å²) in [6.07, 6.45) is 7.39. The molecular weight excluding hydrogens is 468 g/mol. The molecule has 0 spiro atoms. The summed E-state index contributed by atoms with van der Waals surface area (Å²) in [5.74, 6) is -0.694. The number of ether oxygens (including phenoxy) is 3. The number of aromatic nitrogens is 3. The van der Waals surface area contributed by atoms with E-state index in [9.17, 15) is 14.4 Å². The monoisotopic (exact) mass is 508 g/mol. The number of hydrogen-bond donors (Lipinski definition) is 2. The van der Waals surface area contributed by atoms with Crippen LogP contribution in [-0.4, -0.2) is 90.5 Å². The number of imide groups is 1. The zero-order valence-electron chi connectivity index (χ0n) is 21.7. The van der Waals surface area contributed by atoms with Crippen molar-refractivity contribution in [2.45, 2.75) is 53.1 Å². The summed E-state index contributed by atoms with van der Waals surface area (Å²) in [4.78, 5) is 36.0. The Labute approximate surface area is 212 Å². The molecule has 0 aromatic carbocycles. The first kappa shape index (κ1) is 29.4. The molecule has 36 heavy (non-hydrogen) atoms. The van der Waals surface area contributed by atoms with Gasteiger partial charge in [0.05, 0.1) is 58.9 Å². The summed E-state index contributed by atoms with van der Waals surface area (Å²) in [6.45, 7) is 11.0. The summed E-state index contributed by atoms with van der Waals surface area (Å²) in [5, 5.41) is 13.6. The maximum absolute atomic E-state index is 11.7. The first-order chi connectivity index (χ1) is 17.2. The van der Waals surface area contributed by atoms with Crippen LogP contribution in [0.3, 0.4) is 0 Å². The van der Waals surface area contributed by atoms with E-state index >= 15 is 0 Å². The highest BCUT2D eigenvalue weighted by Crippen LogP contribution is 2.21. The Morgan fingerprint density at radius 3 is 2.17 bits per heavy atom. The van der Waals surface area contributed by atoms with Crippen LogP contribution in [-0.2, 0) is 36.9 Å². The van der Waals surface area contributed by atoms with Crippen LogP contribution in [0.25, 0.3) is 0 Å². The number of amides is 4. The van der Waals surface area contributed by atoms with Gasteiger partial charge in [-0.2, -0.15) is 0 Å². The number of nitrogens with one attached hydrogen (secondary N) is 2. The molecule has 2 rings (SSSR count). The molecule has 0 saturated carbocycles. The third-order valence-corrected chi connectivity index (χ3v) is 5.19. The van der Waals surface area contributed by atoms with Crippen molar-refractivity contribution in [2.75, 3.05) is 52.7 Å². The molecule has 12 nitrogen and oxygen atoms in total. The number of carbonyl (C=O) groups excluding carboxylic acids is 3. The number of unbranched alkanes of at least 4 members (excludes halogenated alkanes) is 1. The SMILES string of the molecule is CC(C)(C)CCCCNC(=O)NCCOCCOCCOCCn1cc(CN2C(=O)C=CC2=O)nn1. The molecule has 1 aliphatic heterocycles. The van der Waals surface area contributed by atoms with E-state index in [0.29, 0.717) is 70.4 Å². The van der Waals surface area contributed by atoms with Gasteiger partial charge < -0.3 is 24.8 Å². The van der Waals surface area contributed by atoms with Crippen molar-refractivity contribution in [3.8, 4) is 0 Å². The average molecular weight is 509 g/mol. The topological polar surface area (TPSA) is 137 Å². The normalized spacial score (nSPS) is 13.6. The predicted molar refractivity (Wildman–Crippen MR) is 132 cm³/mol. The molecule has 4 amide bonds. The summed E-state index contributed by atoms with van der Waals surface area (Å²) in [6, 6.07) is -0.168. The second kappa shape index (κ2) is 16.0. The van der Waals surface area contributed by atoms with Crippen molar-refractivity contribution in [1.82, 2.24) is 30.5 Å². The quantitative estimate of drug-likeness (QED) is 0.223. The molecular formula is C24H40N6O6. The van der Waals surface area contributed by atoms with Gasteiger partial charge in [-0.1, -0.05) is 32.4 Å². The van der Waals surface area contributed by atoms with Gasteiger partial charge in [0.15, 0.2) is 0 Å². The Bertz CT molecular complexity index is 832. The van der Waals surface area contributed by atoms with E-state index in [-0.39, 0.29) is 24.4 Å². The number of hydrogen-bond acceptors (Lipinski definition) is 8. The van der Waals surface area contributed by atoms with Gasteiger partial charge in [0.25, 0.3) is 11.8 Å². The molecule has 12 heteroatoms. The van der Waals surface area contributed by atoms with Gasteiger partial charge in [-0.25, -0.2) is 9.48 Å². The van der Waals surface area contributed by atoms with Crippen LogP contribution in [0.5, 0.6) is 0 Å². The number of nitrogens with zero attached hydrogens (tertiary/aromatic N) is 4. The first-order valence-corrected chi connectivity index (χ1v) is 12.4. The van der Waals surface area contributed by atoms with Gasteiger partial charge >= 0.3 is 6.03 Å². The van der Waals surface area contributed by atoms with Gasteiger partial charge in [0.2, 0.25) is 0 Å². The van der Waals surface area contributed by atoms with Crippen molar-refractivity contribution in [1.29, 1.82) is 0 Å². The predicted octanol–water partition coefficient (Wildman–Crippen LogP) is 1.27. The fourth-order valence-corrected chi connectivity index (χ4v) is 3.25. The first-order valence-electron chi connectivity index (χ1n) is 12.4. The van der Waals surface area contributed by atoms with Gasteiger partial charge in [-0.3, -0.25) is 14.5 Å². The van der Waals surface area contributed by atoms with Crippen LogP contribution in [0.2, 0.25) is 0 Å².